The Morgan fingerprint density at radius 3 is 2.05 bits per heavy atom. The van der Waals surface area contributed by atoms with Crippen molar-refractivity contribution in [1.29, 1.82) is 0 Å². The first-order valence-corrected chi connectivity index (χ1v) is 7.42. The van der Waals surface area contributed by atoms with Crippen molar-refractivity contribution in [2.75, 3.05) is 0 Å². The molecule has 4 N–H and O–H groups in total. The predicted molar refractivity (Wildman–Crippen MR) is 87.2 cm³/mol. The fraction of sp³-hybridized carbons (Fsp3) is 0.333. The minimum absolute atomic E-state index is 0.0673. The Balaban J connectivity index is 2.10. The van der Waals surface area contributed by atoms with E-state index in [0.717, 1.165) is 18.6 Å². The topological polar surface area (TPSA) is 61.3 Å². The van der Waals surface area contributed by atoms with Crippen LogP contribution in [-0.2, 0) is 6.42 Å². The van der Waals surface area contributed by atoms with Crippen molar-refractivity contribution < 1.29 is 4.74 Å². The van der Waals surface area contributed by atoms with Gasteiger partial charge >= 0.3 is 0 Å². The molecule has 0 aliphatic heterocycles. The highest BCUT2D eigenvalue weighted by Crippen LogP contribution is 2.17. The second kappa shape index (κ2) is 7.81. The second-order valence-electron chi connectivity index (χ2n) is 5.54. The van der Waals surface area contributed by atoms with Crippen molar-refractivity contribution >= 4 is 0 Å². The van der Waals surface area contributed by atoms with Crippen LogP contribution in [0.1, 0.15) is 18.9 Å². The van der Waals surface area contributed by atoms with Gasteiger partial charge in [-0.15, -0.1) is 0 Å². The van der Waals surface area contributed by atoms with Crippen LogP contribution in [0.5, 0.6) is 5.75 Å². The van der Waals surface area contributed by atoms with Gasteiger partial charge < -0.3 is 16.2 Å². The van der Waals surface area contributed by atoms with E-state index in [9.17, 15) is 0 Å². The second-order valence-corrected chi connectivity index (χ2v) is 5.54. The Morgan fingerprint density at radius 2 is 1.48 bits per heavy atom. The number of benzene rings is 2. The summed E-state index contributed by atoms with van der Waals surface area (Å²) in [7, 11) is 0. The summed E-state index contributed by atoms with van der Waals surface area (Å²) in [6.07, 6.45) is 1.44. The van der Waals surface area contributed by atoms with Crippen molar-refractivity contribution in [3.05, 3.63) is 66.2 Å². The van der Waals surface area contributed by atoms with Crippen LogP contribution in [-0.4, -0.2) is 18.2 Å². The van der Waals surface area contributed by atoms with Gasteiger partial charge in [0, 0.05) is 18.5 Å². The van der Waals surface area contributed by atoms with E-state index in [4.69, 9.17) is 16.2 Å². The first-order valence-electron chi connectivity index (χ1n) is 7.42. The molecule has 112 valence electrons. The fourth-order valence-electron chi connectivity index (χ4n) is 2.38. The van der Waals surface area contributed by atoms with Crippen LogP contribution in [0.2, 0.25) is 0 Å². The molecule has 3 atom stereocenters. The number of nitrogens with two attached hydrogens (primary N) is 2. The zero-order valence-electron chi connectivity index (χ0n) is 12.5. The van der Waals surface area contributed by atoms with Gasteiger partial charge in [0.15, 0.2) is 0 Å². The van der Waals surface area contributed by atoms with E-state index in [-0.39, 0.29) is 18.2 Å². The molecule has 0 saturated carbocycles. The summed E-state index contributed by atoms with van der Waals surface area (Å²) >= 11 is 0. The molecule has 2 aromatic rings. The summed E-state index contributed by atoms with van der Waals surface area (Å²) in [6.45, 7) is 1.97. The number of rotatable bonds is 7. The molecule has 0 aliphatic rings. The van der Waals surface area contributed by atoms with E-state index in [1.807, 2.05) is 55.5 Å². The third-order valence-electron chi connectivity index (χ3n) is 3.43. The van der Waals surface area contributed by atoms with Crippen molar-refractivity contribution in [3.8, 4) is 5.75 Å². The number of hydrogen-bond donors (Lipinski definition) is 2. The summed E-state index contributed by atoms with van der Waals surface area (Å²) < 4.78 is 6.10. The predicted octanol–water partition coefficient (Wildman–Crippen LogP) is 2.74. The van der Waals surface area contributed by atoms with Gasteiger partial charge in [-0.1, -0.05) is 48.5 Å². The van der Waals surface area contributed by atoms with E-state index in [1.54, 1.807) is 0 Å². The fourth-order valence-corrected chi connectivity index (χ4v) is 2.38. The molecule has 0 heterocycles. The van der Waals surface area contributed by atoms with Crippen molar-refractivity contribution in [2.45, 2.75) is 38.0 Å². The monoisotopic (exact) mass is 284 g/mol. The van der Waals surface area contributed by atoms with Crippen LogP contribution >= 0.6 is 0 Å². The first-order chi connectivity index (χ1) is 10.1. The maximum absolute atomic E-state index is 6.31. The van der Waals surface area contributed by atoms with E-state index in [1.165, 1.54) is 5.56 Å². The summed E-state index contributed by atoms with van der Waals surface area (Å²) in [5.74, 6) is 0.846. The normalized spacial score (nSPS) is 15.2. The molecule has 0 amide bonds. The third-order valence-corrected chi connectivity index (χ3v) is 3.43. The van der Waals surface area contributed by atoms with Crippen LogP contribution in [0.4, 0.5) is 0 Å². The van der Waals surface area contributed by atoms with Crippen LogP contribution in [0.25, 0.3) is 0 Å². The molecule has 3 nitrogen and oxygen atoms in total. The van der Waals surface area contributed by atoms with Crippen LogP contribution in [0.3, 0.4) is 0 Å². The summed E-state index contributed by atoms with van der Waals surface area (Å²) in [5, 5.41) is 0. The standard InChI is InChI=1S/C18H24N2O/c1-14(19)12-17(20)18(13-15-8-4-2-5-9-15)21-16-10-6-3-7-11-16/h2-11,14,17-18H,12-13,19-20H2,1H3. The Hall–Kier alpha value is -1.84. The van der Waals surface area contributed by atoms with Gasteiger partial charge in [-0.3, -0.25) is 0 Å². The average Bonchev–Trinajstić information content (AvgIpc) is 2.48. The van der Waals surface area contributed by atoms with Gasteiger partial charge in [-0.05, 0) is 31.0 Å². The molecule has 0 spiro atoms. The van der Waals surface area contributed by atoms with Gasteiger partial charge in [0.25, 0.3) is 0 Å². The molecular weight excluding hydrogens is 260 g/mol. The molecule has 0 aromatic heterocycles. The molecule has 3 unspecified atom stereocenters. The summed E-state index contributed by atoms with van der Waals surface area (Å²) in [4.78, 5) is 0. The SMILES string of the molecule is CC(N)CC(N)C(Cc1ccccc1)Oc1ccccc1. The van der Waals surface area contributed by atoms with Gasteiger partial charge in [-0.25, -0.2) is 0 Å². The molecule has 3 heteroatoms. The minimum atomic E-state index is -0.0922. The Morgan fingerprint density at radius 1 is 0.905 bits per heavy atom. The van der Waals surface area contributed by atoms with E-state index in [0.29, 0.717) is 0 Å². The van der Waals surface area contributed by atoms with E-state index >= 15 is 0 Å². The quantitative estimate of drug-likeness (QED) is 0.822. The lowest BCUT2D eigenvalue weighted by molar-refractivity contribution is 0.163. The number of ether oxygens (including phenoxy) is 1. The van der Waals surface area contributed by atoms with Crippen LogP contribution in [0, 0.1) is 0 Å². The first kappa shape index (κ1) is 15.5. The molecule has 2 rings (SSSR count). The maximum Gasteiger partial charge on any atom is 0.119 e. The molecule has 0 aliphatic carbocycles. The smallest absolute Gasteiger partial charge is 0.119 e. The molecular formula is C18H24N2O. The maximum atomic E-state index is 6.31. The Labute approximate surface area is 126 Å². The minimum Gasteiger partial charge on any atom is -0.488 e. The van der Waals surface area contributed by atoms with Gasteiger partial charge in [0.1, 0.15) is 11.9 Å². The third kappa shape index (κ3) is 5.21. The van der Waals surface area contributed by atoms with E-state index in [2.05, 4.69) is 12.1 Å². The molecule has 2 aromatic carbocycles. The Kier molecular flexibility index (Phi) is 5.78. The van der Waals surface area contributed by atoms with Crippen molar-refractivity contribution in [2.24, 2.45) is 11.5 Å². The molecule has 0 radical (unpaired) electrons. The number of hydrogen-bond acceptors (Lipinski definition) is 3. The molecule has 21 heavy (non-hydrogen) atoms. The molecule has 0 saturated heterocycles. The molecule has 0 fully saturated rings. The zero-order valence-corrected chi connectivity index (χ0v) is 12.5. The lowest BCUT2D eigenvalue weighted by Crippen LogP contribution is -2.43. The van der Waals surface area contributed by atoms with Crippen molar-refractivity contribution in [3.63, 3.8) is 0 Å². The van der Waals surface area contributed by atoms with Crippen molar-refractivity contribution in [1.82, 2.24) is 0 Å². The van der Waals surface area contributed by atoms with E-state index < -0.39 is 0 Å². The largest absolute Gasteiger partial charge is 0.488 e. The molecule has 0 bridgehead atoms. The van der Waals surface area contributed by atoms with Crippen LogP contribution in [0.15, 0.2) is 60.7 Å². The van der Waals surface area contributed by atoms with Crippen LogP contribution < -0.4 is 16.2 Å². The van der Waals surface area contributed by atoms with Gasteiger partial charge in [0.2, 0.25) is 0 Å². The lowest BCUT2D eigenvalue weighted by Gasteiger charge is -2.26. The average molecular weight is 284 g/mol. The highest BCUT2D eigenvalue weighted by Gasteiger charge is 2.21. The van der Waals surface area contributed by atoms with Gasteiger partial charge in [0.05, 0.1) is 0 Å². The lowest BCUT2D eigenvalue weighted by atomic mass is 9.98. The number of para-hydroxylation sites is 1. The Bertz CT molecular complexity index is 472. The zero-order chi connectivity index (χ0) is 15.1. The highest BCUT2D eigenvalue weighted by molar-refractivity contribution is 5.22. The van der Waals surface area contributed by atoms with Gasteiger partial charge in [-0.2, -0.15) is 0 Å². The summed E-state index contributed by atoms with van der Waals surface area (Å²) in [6, 6.07) is 20.1. The summed E-state index contributed by atoms with van der Waals surface area (Å²) in [5.41, 5.74) is 13.4. The highest BCUT2D eigenvalue weighted by atomic mass is 16.5.